The largest absolute Gasteiger partial charge is 0.264 e. The number of pyridine rings is 1. The normalized spacial score (nSPS) is 10.9. The van der Waals surface area contributed by atoms with Gasteiger partial charge < -0.3 is 0 Å². The predicted molar refractivity (Wildman–Crippen MR) is 69.1 cm³/mol. The number of hydrogen-bond donors (Lipinski definition) is 0. The molecule has 4 heteroatoms. The van der Waals surface area contributed by atoms with E-state index in [1.54, 1.807) is 6.20 Å². The van der Waals surface area contributed by atoms with E-state index in [4.69, 9.17) is 11.6 Å². The first-order chi connectivity index (χ1) is 8.09. The molecule has 0 radical (unpaired) electrons. The van der Waals surface area contributed by atoms with Crippen LogP contribution in [0.5, 0.6) is 0 Å². The van der Waals surface area contributed by atoms with Crippen molar-refractivity contribution in [1.29, 1.82) is 0 Å². The van der Waals surface area contributed by atoms with E-state index in [2.05, 4.69) is 34.9 Å². The van der Waals surface area contributed by atoms with Gasteiger partial charge in [0, 0.05) is 23.5 Å². The second kappa shape index (κ2) is 4.80. The van der Waals surface area contributed by atoms with E-state index in [1.807, 2.05) is 13.1 Å². The summed E-state index contributed by atoms with van der Waals surface area (Å²) < 4.78 is 0. The van der Waals surface area contributed by atoms with Gasteiger partial charge in [0.1, 0.15) is 11.5 Å². The van der Waals surface area contributed by atoms with Crippen LogP contribution in [0, 0.1) is 6.92 Å². The average molecular weight is 248 g/mol. The lowest BCUT2D eigenvalue weighted by molar-refractivity contribution is 0.849. The molecule has 2 heterocycles. The molecule has 0 aliphatic heterocycles. The summed E-state index contributed by atoms with van der Waals surface area (Å²) in [4.78, 5) is 12.6. The number of aryl methyl sites for hydroxylation is 1. The molecule has 0 unspecified atom stereocenters. The molecule has 0 bridgehead atoms. The van der Waals surface area contributed by atoms with E-state index in [0.29, 0.717) is 5.15 Å². The van der Waals surface area contributed by atoms with Crippen LogP contribution >= 0.6 is 11.6 Å². The molecule has 0 fully saturated rings. The van der Waals surface area contributed by atoms with Crippen molar-refractivity contribution in [3.05, 3.63) is 41.1 Å². The van der Waals surface area contributed by atoms with Crippen molar-refractivity contribution in [3.63, 3.8) is 0 Å². The maximum Gasteiger partial charge on any atom is 0.136 e. The molecule has 2 aromatic rings. The summed E-state index contributed by atoms with van der Waals surface area (Å²) in [6.45, 7) is 6.17. The molecule has 3 nitrogen and oxygen atoms in total. The summed E-state index contributed by atoms with van der Waals surface area (Å²) in [5, 5.41) is 0.520. The Kier molecular flexibility index (Phi) is 3.38. The summed E-state index contributed by atoms with van der Waals surface area (Å²) in [5.41, 5.74) is 3.93. The lowest BCUT2D eigenvalue weighted by Crippen LogP contribution is -1.99. The Morgan fingerprint density at radius 1 is 1.18 bits per heavy atom. The summed E-state index contributed by atoms with van der Waals surface area (Å²) in [5.74, 6) is 0.277. The molecule has 2 aromatic heterocycles. The predicted octanol–water partition coefficient (Wildman–Crippen LogP) is 3.62. The van der Waals surface area contributed by atoms with Crippen LogP contribution in [0.2, 0.25) is 5.15 Å². The van der Waals surface area contributed by atoms with E-state index in [9.17, 15) is 0 Å². The number of halogens is 1. The third-order valence-corrected chi connectivity index (χ3v) is 2.86. The molecule has 0 saturated heterocycles. The second-order valence-electron chi connectivity index (χ2n) is 4.33. The summed E-state index contributed by atoms with van der Waals surface area (Å²) >= 11 is 6.14. The van der Waals surface area contributed by atoms with Gasteiger partial charge in [-0.05, 0) is 24.5 Å². The van der Waals surface area contributed by atoms with Gasteiger partial charge in [-0.3, -0.25) is 4.98 Å². The minimum Gasteiger partial charge on any atom is -0.264 e. The van der Waals surface area contributed by atoms with Crippen molar-refractivity contribution in [2.24, 2.45) is 0 Å². The fraction of sp³-hybridized carbons (Fsp3) is 0.308. The van der Waals surface area contributed by atoms with Crippen LogP contribution in [0.4, 0.5) is 0 Å². The van der Waals surface area contributed by atoms with Gasteiger partial charge >= 0.3 is 0 Å². The summed E-state index contributed by atoms with van der Waals surface area (Å²) in [6.07, 6.45) is 5.12. The molecular weight excluding hydrogens is 234 g/mol. The van der Waals surface area contributed by atoms with Gasteiger partial charge in [-0.15, -0.1) is 0 Å². The molecule has 0 saturated carbocycles. The zero-order valence-corrected chi connectivity index (χ0v) is 10.9. The van der Waals surface area contributed by atoms with Gasteiger partial charge in [0.05, 0.1) is 5.69 Å². The molecule has 0 amide bonds. The Labute approximate surface area is 106 Å². The van der Waals surface area contributed by atoms with Gasteiger partial charge in [0.15, 0.2) is 0 Å². The Hall–Kier alpha value is -1.48. The number of aromatic nitrogens is 3. The zero-order chi connectivity index (χ0) is 12.4. The van der Waals surface area contributed by atoms with Crippen molar-refractivity contribution < 1.29 is 0 Å². The van der Waals surface area contributed by atoms with Crippen molar-refractivity contribution >= 4 is 11.6 Å². The first-order valence-corrected chi connectivity index (χ1v) is 5.90. The molecule has 0 spiro atoms. The highest BCUT2D eigenvalue weighted by atomic mass is 35.5. The molecule has 0 atom stereocenters. The summed E-state index contributed by atoms with van der Waals surface area (Å²) in [6, 6.07) is 2.05. The zero-order valence-electron chi connectivity index (χ0n) is 10.1. The quantitative estimate of drug-likeness (QED) is 0.761. The van der Waals surface area contributed by atoms with E-state index < -0.39 is 0 Å². The maximum atomic E-state index is 6.14. The molecule has 17 heavy (non-hydrogen) atoms. The third-order valence-electron chi connectivity index (χ3n) is 2.56. The van der Waals surface area contributed by atoms with E-state index in [1.165, 1.54) is 6.33 Å². The van der Waals surface area contributed by atoms with E-state index in [-0.39, 0.29) is 5.92 Å². The van der Waals surface area contributed by atoms with Crippen molar-refractivity contribution in [2.45, 2.75) is 26.7 Å². The Balaban J connectivity index is 2.63. The maximum absolute atomic E-state index is 6.14. The molecule has 2 rings (SSSR count). The van der Waals surface area contributed by atoms with Crippen LogP contribution in [0.3, 0.4) is 0 Å². The van der Waals surface area contributed by atoms with E-state index in [0.717, 1.165) is 22.4 Å². The average Bonchev–Trinajstić information content (AvgIpc) is 2.28. The third kappa shape index (κ3) is 2.44. The highest BCUT2D eigenvalue weighted by molar-refractivity contribution is 6.30. The summed E-state index contributed by atoms with van der Waals surface area (Å²) in [7, 11) is 0. The monoisotopic (exact) mass is 247 g/mol. The fourth-order valence-electron chi connectivity index (χ4n) is 1.80. The molecule has 0 aliphatic rings. The molecular formula is C13H14ClN3. The fourth-order valence-corrected chi connectivity index (χ4v) is 2.15. The van der Waals surface area contributed by atoms with Gasteiger partial charge in [-0.1, -0.05) is 25.4 Å². The number of rotatable bonds is 2. The molecule has 0 aliphatic carbocycles. The van der Waals surface area contributed by atoms with Gasteiger partial charge in [-0.2, -0.15) is 0 Å². The SMILES string of the molecule is Cc1cncc(-c2ncnc(Cl)c2C(C)C)c1. The number of hydrogen-bond acceptors (Lipinski definition) is 3. The van der Waals surface area contributed by atoms with Gasteiger partial charge in [-0.25, -0.2) is 9.97 Å². The highest BCUT2D eigenvalue weighted by Gasteiger charge is 2.15. The Bertz CT molecular complexity index is 538. The minimum atomic E-state index is 0.277. The highest BCUT2D eigenvalue weighted by Crippen LogP contribution is 2.31. The van der Waals surface area contributed by atoms with Crippen molar-refractivity contribution in [3.8, 4) is 11.3 Å². The Morgan fingerprint density at radius 3 is 2.59 bits per heavy atom. The Morgan fingerprint density at radius 2 is 1.94 bits per heavy atom. The van der Waals surface area contributed by atoms with Gasteiger partial charge in [0.2, 0.25) is 0 Å². The lowest BCUT2D eigenvalue weighted by Gasteiger charge is -2.12. The number of nitrogens with zero attached hydrogens (tertiary/aromatic N) is 3. The van der Waals surface area contributed by atoms with Crippen LogP contribution in [0.1, 0.15) is 30.9 Å². The van der Waals surface area contributed by atoms with Crippen LogP contribution in [0.15, 0.2) is 24.8 Å². The standard InChI is InChI=1S/C13H14ClN3/c1-8(2)11-12(16-7-17-13(11)14)10-4-9(3)5-15-6-10/h4-8H,1-3H3. The van der Waals surface area contributed by atoms with Crippen molar-refractivity contribution in [2.75, 3.05) is 0 Å². The van der Waals surface area contributed by atoms with Crippen LogP contribution in [-0.4, -0.2) is 15.0 Å². The van der Waals surface area contributed by atoms with Crippen LogP contribution in [-0.2, 0) is 0 Å². The van der Waals surface area contributed by atoms with E-state index >= 15 is 0 Å². The first kappa shape index (κ1) is 12.0. The van der Waals surface area contributed by atoms with Crippen LogP contribution in [0.25, 0.3) is 11.3 Å². The van der Waals surface area contributed by atoms with Gasteiger partial charge in [0.25, 0.3) is 0 Å². The lowest BCUT2D eigenvalue weighted by atomic mass is 9.99. The van der Waals surface area contributed by atoms with Crippen LogP contribution < -0.4 is 0 Å². The molecule has 88 valence electrons. The molecule has 0 N–H and O–H groups in total. The topological polar surface area (TPSA) is 38.7 Å². The smallest absolute Gasteiger partial charge is 0.136 e. The molecule has 0 aromatic carbocycles. The first-order valence-electron chi connectivity index (χ1n) is 5.52. The second-order valence-corrected chi connectivity index (χ2v) is 4.69. The minimum absolute atomic E-state index is 0.277. The van der Waals surface area contributed by atoms with Crippen molar-refractivity contribution in [1.82, 2.24) is 15.0 Å².